The first-order valence-electron chi connectivity index (χ1n) is 6.61. The molecule has 0 spiro atoms. The van der Waals surface area contributed by atoms with Crippen molar-refractivity contribution >= 4 is 0 Å². The SMILES string of the molecule is COc1cc(CN2CC3CCC2C3)ccc1C#N. The van der Waals surface area contributed by atoms with E-state index in [9.17, 15) is 0 Å². The third kappa shape index (κ3) is 1.97. The van der Waals surface area contributed by atoms with Gasteiger partial charge in [0.05, 0.1) is 12.7 Å². The third-order valence-corrected chi connectivity index (χ3v) is 4.29. The molecule has 0 amide bonds. The number of nitriles is 1. The van der Waals surface area contributed by atoms with E-state index in [1.54, 1.807) is 7.11 Å². The minimum Gasteiger partial charge on any atom is -0.495 e. The number of hydrogen-bond donors (Lipinski definition) is 0. The fourth-order valence-corrected chi connectivity index (χ4v) is 3.38. The van der Waals surface area contributed by atoms with E-state index >= 15 is 0 Å². The first-order valence-corrected chi connectivity index (χ1v) is 6.61. The molecule has 0 aromatic heterocycles. The molecule has 1 saturated heterocycles. The number of hydrogen-bond acceptors (Lipinski definition) is 3. The van der Waals surface area contributed by atoms with Gasteiger partial charge >= 0.3 is 0 Å². The van der Waals surface area contributed by atoms with Crippen molar-refractivity contribution in [2.75, 3.05) is 13.7 Å². The molecule has 3 rings (SSSR count). The summed E-state index contributed by atoms with van der Waals surface area (Å²) in [5.74, 6) is 1.62. The molecule has 2 fully saturated rings. The lowest BCUT2D eigenvalue weighted by Crippen LogP contribution is -2.31. The molecule has 1 heterocycles. The quantitative estimate of drug-likeness (QED) is 0.817. The van der Waals surface area contributed by atoms with Crippen molar-refractivity contribution in [1.82, 2.24) is 4.90 Å². The zero-order chi connectivity index (χ0) is 12.5. The average Bonchev–Trinajstić information content (AvgIpc) is 3.01. The van der Waals surface area contributed by atoms with Gasteiger partial charge in [0, 0.05) is 19.1 Å². The zero-order valence-electron chi connectivity index (χ0n) is 10.7. The first kappa shape index (κ1) is 11.6. The van der Waals surface area contributed by atoms with Gasteiger partial charge in [-0.1, -0.05) is 6.07 Å². The Bertz CT molecular complexity index is 492. The number of ether oxygens (including phenoxy) is 1. The Labute approximate surface area is 108 Å². The second kappa shape index (κ2) is 4.62. The zero-order valence-corrected chi connectivity index (χ0v) is 10.7. The Balaban J connectivity index is 1.75. The maximum Gasteiger partial charge on any atom is 0.136 e. The topological polar surface area (TPSA) is 36.3 Å². The minimum absolute atomic E-state index is 0.615. The van der Waals surface area contributed by atoms with Crippen LogP contribution in [0.15, 0.2) is 18.2 Å². The molecule has 1 aromatic carbocycles. The summed E-state index contributed by atoms with van der Waals surface area (Å²) in [6.07, 6.45) is 4.16. The number of rotatable bonds is 3. The van der Waals surface area contributed by atoms with E-state index in [0.29, 0.717) is 11.3 Å². The first-order chi connectivity index (χ1) is 8.80. The summed E-state index contributed by atoms with van der Waals surface area (Å²) in [5, 5.41) is 8.97. The molecule has 2 aliphatic rings. The maximum atomic E-state index is 8.97. The molecular formula is C15H18N2O. The Morgan fingerprint density at radius 1 is 1.44 bits per heavy atom. The molecule has 3 nitrogen and oxygen atoms in total. The highest BCUT2D eigenvalue weighted by molar-refractivity contribution is 5.45. The predicted octanol–water partition coefficient (Wildman–Crippen LogP) is 2.55. The summed E-state index contributed by atoms with van der Waals surface area (Å²) in [6, 6.07) is 8.86. The van der Waals surface area contributed by atoms with Gasteiger partial charge < -0.3 is 4.74 Å². The minimum atomic E-state index is 0.615. The monoisotopic (exact) mass is 242 g/mol. The molecule has 2 unspecified atom stereocenters. The summed E-state index contributed by atoms with van der Waals surface area (Å²) >= 11 is 0. The van der Waals surface area contributed by atoms with Crippen molar-refractivity contribution in [3.05, 3.63) is 29.3 Å². The van der Waals surface area contributed by atoms with Crippen LogP contribution < -0.4 is 4.74 Å². The number of fused-ring (bicyclic) bond motifs is 2. The standard InChI is InChI=1S/C15H18N2O/c1-18-15-7-12(2-4-13(15)8-16)10-17-9-11-3-5-14(17)6-11/h2,4,7,11,14H,3,5-6,9-10H2,1H3. The van der Waals surface area contributed by atoms with Crippen LogP contribution in [-0.4, -0.2) is 24.6 Å². The molecule has 0 N–H and O–H groups in total. The summed E-state index contributed by atoms with van der Waals surface area (Å²) in [4.78, 5) is 2.58. The number of nitrogens with zero attached hydrogens (tertiary/aromatic N) is 2. The molecule has 1 aromatic rings. The lowest BCUT2D eigenvalue weighted by molar-refractivity contribution is 0.205. The van der Waals surface area contributed by atoms with Gasteiger partial charge in [-0.2, -0.15) is 5.26 Å². The van der Waals surface area contributed by atoms with Crippen molar-refractivity contribution in [2.45, 2.75) is 31.8 Å². The molecule has 94 valence electrons. The highest BCUT2D eigenvalue weighted by Crippen LogP contribution is 2.38. The fourth-order valence-electron chi connectivity index (χ4n) is 3.38. The summed E-state index contributed by atoms with van der Waals surface area (Å²) in [7, 11) is 1.62. The molecule has 1 aliphatic heterocycles. The van der Waals surface area contributed by atoms with Crippen LogP contribution in [-0.2, 0) is 6.54 Å². The van der Waals surface area contributed by atoms with Gasteiger partial charge in [0.25, 0.3) is 0 Å². The van der Waals surface area contributed by atoms with E-state index in [0.717, 1.165) is 18.5 Å². The van der Waals surface area contributed by atoms with E-state index in [-0.39, 0.29) is 0 Å². The molecule has 2 atom stereocenters. The number of benzene rings is 1. The second-order valence-corrected chi connectivity index (χ2v) is 5.41. The van der Waals surface area contributed by atoms with Gasteiger partial charge in [0.1, 0.15) is 11.8 Å². The Morgan fingerprint density at radius 3 is 2.94 bits per heavy atom. The molecule has 2 bridgehead atoms. The maximum absolute atomic E-state index is 8.97. The molecule has 0 radical (unpaired) electrons. The van der Waals surface area contributed by atoms with Crippen molar-refractivity contribution < 1.29 is 4.74 Å². The van der Waals surface area contributed by atoms with Crippen molar-refractivity contribution in [3.8, 4) is 11.8 Å². The highest BCUT2D eigenvalue weighted by atomic mass is 16.5. The van der Waals surface area contributed by atoms with Gasteiger partial charge in [-0.15, -0.1) is 0 Å². The fraction of sp³-hybridized carbons (Fsp3) is 0.533. The van der Waals surface area contributed by atoms with Crippen LogP contribution in [0.25, 0.3) is 0 Å². The van der Waals surface area contributed by atoms with Gasteiger partial charge in [-0.05, 0) is 42.9 Å². The molecule has 1 aliphatic carbocycles. The molecule has 18 heavy (non-hydrogen) atoms. The van der Waals surface area contributed by atoms with Crippen LogP contribution in [0.3, 0.4) is 0 Å². The Hall–Kier alpha value is -1.53. The van der Waals surface area contributed by atoms with Crippen molar-refractivity contribution in [3.63, 3.8) is 0 Å². The lowest BCUT2D eigenvalue weighted by Gasteiger charge is -2.26. The smallest absolute Gasteiger partial charge is 0.136 e. The number of piperidine rings is 1. The number of methoxy groups -OCH3 is 1. The second-order valence-electron chi connectivity index (χ2n) is 5.41. The Kier molecular flexibility index (Phi) is 2.97. The van der Waals surface area contributed by atoms with Crippen molar-refractivity contribution in [2.24, 2.45) is 5.92 Å². The van der Waals surface area contributed by atoms with Crippen LogP contribution in [0.1, 0.15) is 30.4 Å². The van der Waals surface area contributed by atoms with E-state index in [2.05, 4.69) is 11.0 Å². The van der Waals surface area contributed by atoms with Crippen LogP contribution in [0.4, 0.5) is 0 Å². The normalized spacial score (nSPS) is 26.2. The largest absolute Gasteiger partial charge is 0.495 e. The van der Waals surface area contributed by atoms with Crippen LogP contribution in [0.5, 0.6) is 5.75 Å². The predicted molar refractivity (Wildman–Crippen MR) is 69.2 cm³/mol. The summed E-state index contributed by atoms with van der Waals surface area (Å²) in [5.41, 5.74) is 1.86. The van der Waals surface area contributed by atoms with Crippen LogP contribution >= 0.6 is 0 Å². The van der Waals surface area contributed by atoms with Gasteiger partial charge in [0.15, 0.2) is 0 Å². The lowest BCUT2D eigenvalue weighted by atomic mass is 10.1. The third-order valence-electron chi connectivity index (χ3n) is 4.29. The van der Waals surface area contributed by atoms with Gasteiger partial charge in [-0.3, -0.25) is 4.90 Å². The van der Waals surface area contributed by atoms with Crippen LogP contribution in [0, 0.1) is 17.2 Å². The molecule has 1 saturated carbocycles. The number of likely N-dealkylation sites (tertiary alicyclic amines) is 1. The summed E-state index contributed by atoms with van der Waals surface area (Å²) < 4.78 is 5.26. The van der Waals surface area contributed by atoms with Gasteiger partial charge in [-0.25, -0.2) is 0 Å². The Morgan fingerprint density at radius 2 is 2.33 bits per heavy atom. The molecular weight excluding hydrogens is 224 g/mol. The average molecular weight is 242 g/mol. The van der Waals surface area contributed by atoms with E-state index in [4.69, 9.17) is 10.00 Å². The highest BCUT2D eigenvalue weighted by Gasteiger charge is 2.37. The van der Waals surface area contributed by atoms with Gasteiger partial charge in [0.2, 0.25) is 0 Å². The van der Waals surface area contributed by atoms with E-state index in [1.165, 1.54) is 31.4 Å². The molecule has 3 heteroatoms. The van der Waals surface area contributed by atoms with E-state index in [1.807, 2.05) is 18.2 Å². The van der Waals surface area contributed by atoms with E-state index < -0.39 is 0 Å². The van der Waals surface area contributed by atoms with Crippen LogP contribution in [0.2, 0.25) is 0 Å². The van der Waals surface area contributed by atoms with Crippen molar-refractivity contribution in [1.29, 1.82) is 5.26 Å². The summed E-state index contributed by atoms with van der Waals surface area (Å²) in [6.45, 7) is 2.23.